The van der Waals surface area contributed by atoms with Crippen molar-refractivity contribution in [2.24, 2.45) is 33.5 Å². The number of aliphatic hydroxyl groups excluding tert-OH is 1. The molecular weight excluding hydrogens is 372 g/mol. The number of benzene rings is 1. The Morgan fingerprint density at radius 1 is 1.00 bits per heavy atom. The van der Waals surface area contributed by atoms with Crippen molar-refractivity contribution in [3.05, 3.63) is 35.9 Å². The van der Waals surface area contributed by atoms with Crippen molar-refractivity contribution in [2.45, 2.75) is 91.3 Å². The lowest BCUT2D eigenvalue weighted by Crippen LogP contribution is -2.64. The van der Waals surface area contributed by atoms with Crippen molar-refractivity contribution in [3.8, 4) is 0 Å². The third kappa shape index (κ3) is 2.70. The van der Waals surface area contributed by atoms with Crippen LogP contribution in [0.3, 0.4) is 0 Å². The van der Waals surface area contributed by atoms with Crippen LogP contribution in [0.4, 0.5) is 0 Å². The van der Waals surface area contributed by atoms with Gasteiger partial charge in [-0.25, -0.2) is 4.79 Å². The van der Waals surface area contributed by atoms with Crippen LogP contribution in [0, 0.1) is 33.5 Å². The number of hydrogen-bond acceptors (Lipinski definition) is 3. The van der Waals surface area contributed by atoms with E-state index in [9.17, 15) is 9.90 Å². The molecule has 1 aromatic rings. The molecule has 3 nitrogen and oxygen atoms in total. The fraction of sp³-hybridized carbons (Fsp3) is 0.741. The summed E-state index contributed by atoms with van der Waals surface area (Å²) in [6, 6.07) is 9.41. The summed E-state index contributed by atoms with van der Waals surface area (Å²) in [5, 5.41) is 11.1. The van der Waals surface area contributed by atoms with E-state index in [1.807, 2.05) is 30.3 Å². The van der Waals surface area contributed by atoms with Gasteiger partial charge in [-0.05, 0) is 84.7 Å². The fourth-order valence-electron chi connectivity index (χ4n) is 8.78. The number of esters is 1. The first-order chi connectivity index (χ1) is 14.1. The van der Waals surface area contributed by atoms with Gasteiger partial charge in [-0.2, -0.15) is 0 Å². The molecular formula is C27H38O3. The molecule has 0 heterocycles. The predicted molar refractivity (Wildman–Crippen MR) is 118 cm³/mol. The van der Waals surface area contributed by atoms with Gasteiger partial charge >= 0.3 is 5.97 Å². The minimum absolute atomic E-state index is 0.0248. The van der Waals surface area contributed by atoms with E-state index in [2.05, 4.69) is 27.7 Å². The number of carbonyl (C=O) groups excluding carboxylic acids is 1. The molecule has 164 valence electrons. The van der Waals surface area contributed by atoms with E-state index in [0.717, 1.165) is 25.7 Å². The molecule has 4 fully saturated rings. The molecule has 0 radical (unpaired) electrons. The molecule has 1 aromatic carbocycles. The van der Waals surface area contributed by atoms with Crippen LogP contribution in [-0.2, 0) is 4.74 Å². The van der Waals surface area contributed by atoms with Gasteiger partial charge in [0, 0.05) is 5.92 Å². The Labute approximate surface area is 181 Å². The summed E-state index contributed by atoms with van der Waals surface area (Å²) < 4.78 is 6.31. The maximum Gasteiger partial charge on any atom is 0.338 e. The number of fused-ring (bicyclic) bond motifs is 2. The average Bonchev–Trinajstić information content (AvgIpc) is 3.02. The number of carbonyl (C=O) groups is 1. The van der Waals surface area contributed by atoms with Gasteiger partial charge in [0.15, 0.2) is 0 Å². The van der Waals surface area contributed by atoms with Crippen molar-refractivity contribution < 1.29 is 14.6 Å². The topological polar surface area (TPSA) is 46.5 Å². The molecule has 5 rings (SSSR count). The second-order valence-corrected chi connectivity index (χ2v) is 12.2. The predicted octanol–water partition coefficient (Wildman–Crippen LogP) is 6.01. The monoisotopic (exact) mass is 410 g/mol. The zero-order valence-corrected chi connectivity index (χ0v) is 19.1. The number of rotatable bonds is 2. The molecule has 4 aliphatic carbocycles. The van der Waals surface area contributed by atoms with Crippen LogP contribution in [-0.4, -0.2) is 23.3 Å². The van der Waals surface area contributed by atoms with E-state index >= 15 is 0 Å². The molecule has 0 unspecified atom stereocenters. The zero-order chi connectivity index (χ0) is 21.4. The van der Waals surface area contributed by atoms with E-state index in [-0.39, 0.29) is 45.8 Å². The highest BCUT2D eigenvalue weighted by molar-refractivity contribution is 5.89. The minimum Gasteiger partial charge on any atom is -0.458 e. The summed E-state index contributed by atoms with van der Waals surface area (Å²) in [4.78, 5) is 13.1. The van der Waals surface area contributed by atoms with Crippen molar-refractivity contribution >= 4 is 5.97 Å². The van der Waals surface area contributed by atoms with E-state index in [1.165, 1.54) is 25.7 Å². The van der Waals surface area contributed by atoms with E-state index < -0.39 is 0 Å². The summed E-state index contributed by atoms with van der Waals surface area (Å²) in [6.07, 6.45) is 8.55. The zero-order valence-electron chi connectivity index (χ0n) is 19.1. The van der Waals surface area contributed by atoms with Gasteiger partial charge in [0.05, 0.1) is 11.7 Å². The Morgan fingerprint density at radius 2 is 1.73 bits per heavy atom. The molecule has 0 saturated heterocycles. The van der Waals surface area contributed by atoms with Crippen LogP contribution >= 0.6 is 0 Å². The van der Waals surface area contributed by atoms with Crippen molar-refractivity contribution in [2.75, 3.05) is 0 Å². The Hall–Kier alpha value is -1.35. The van der Waals surface area contributed by atoms with Gasteiger partial charge in [-0.3, -0.25) is 0 Å². The van der Waals surface area contributed by atoms with Gasteiger partial charge < -0.3 is 9.84 Å². The highest BCUT2D eigenvalue weighted by Gasteiger charge is 2.71. The third-order valence-electron chi connectivity index (χ3n) is 10.4. The molecule has 1 N–H and O–H groups in total. The van der Waals surface area contributed by atoms with Crippen LogP contribution < -0.4 is 0 Å². The summed E-state index contributed by atoms with van der Waals surface area (Å²) in [7, 11) is 0. The first-order valence-electron chi connectivity index (χ1n) is 12.1. The van der Waals surface area contributed by atoms with E-state index in [1.54, 1.807) is 0 Å². The maximum atomic E-state index is 13.1. The van der Waals surface area contributed by atoms with Crippen molar-refractivity contribution in [1.29, 1.82) is 0 Å². The number of ether oxygens (including phenoxy) is 1. The first kappa shape index (κ1) is 20.5. The molecule has 1 spiro atoms. The van der Waals surface area contributed by atoms with Crippen LogP contribution in [0.1, 0.15) is 89.4 Å². The van der Waals surface area contributed by atoms with Gasteiger partial charge in [0.2, 0.25) is 0 Å². The van der Waals surface area contributed by atoms with E-state index in [4.69, 9.17) is 4.74 Å². The second-order valence-electron chi connectivity index (χ2n) is 12.2. The summed E-state index contributed by atoms with van der Waals surface area (Å²) >= 11 is 0. The summed E-state index contributed by atoms with van der Waals surface area (Å²) in [5.41, 5.74) is 1.38. The van der Waals surface area contributed by atoms with E-state index in [0.29, 0.717) is 11.5 Å². The minimum atomic E-state index is -0.284. The van der Waals surface area contributed by atoms with Gasteiger partial charge in [-0.15, -0.1) is 0 Å². The second kappa shape index (κ2) is 6.58. The van der Waals surface area contributed by atoms with Crippen LogP contribution in [0.25, 0.3) is 0 Å². The summed E-state index contributed by atoms with van der Waals surface area (Å²) in [6.45, 7) is 9.74. The molecule has 30 heavy (non-hydrogen) atoms. The quantitative estimate of drug-likeness (QED) is 0.608. The average molecular weight is 411 g/mol. The lowest BCUT2D eigenvalue weighted by atomic mass is 9.37. The molecule has 2 bridgehead atoms. The molecule has 0 aromatic heterocycles. The highest BCUT2D eigenvalue weighted by Crippen LogP contribution is 2.76. The van der Waals surface area contributed by atoms with Crippen molar-refractivity contribution in [1.82, 2.24) is 0 Å². The Bertz CT molecular complexity index is 832. The molecule has 3 heteroatoms. The smallest absolute Gasteiger partial charge is 0.338 e. The van der Waals surface area contributed by atoms with Crippen LogP contribution in [0.5, 0.6) is 0 Å². The standard InChI is InChI=1S/C27H38O3/c1-24(2)11-8-12-26(4)21(24)16-20(30-23(29)18-9-6-5-7-10-18)19-15-22(28)25(3)13-14-27(19,26)17-25/h5-7,9-10,19-22,28H,8,11-17H2,1-4H3/t19-,20-,21+,22-,25+,26+,27+/m1/s1. The lowest BCUT2D eigenvalue weighted by Gasteiger charge is -2.68. The van der Waals surface area contributed by atoms with Gasteiger partial charge in [0.1, 0.15) is 6.10 Å². The number of aliphatic hydroxyl groups is 1. The Morgan fingerprint density at radius 3 is 2.47 bits per heavy atom. The normalized spacial score (nSPS) is 46.6. The highest BCUT2D eigenvalue weighted by atomic mass is 16.5. The molecule has 0 amide bonds. The SMILES string of the molecule is CC1(C)CCC[C@@]2(C)[C@H]1C[C@@H](OC(=O)c1ccccc1)[C@H]1C[C@@H](O)[C@@]3(C)CC[C@]12C3. The number of hydrogen-bond donors (Lipinski definition) is 1. The third-order valence-corrected chi connectivity index (χ3v) is 10.4. The molecule has 0 aliphatic heterocycles. The van der Waals surface area contributed by atoms with Gasteiger partial charge in [0.25, 0.3) is 0 Å². The Kier molecular flexibility index (Phi) is 4.50. The fourth-order valence-corrected chi connectivity index (χ4v) is 8.78. The maximum absolute atomic E-state index is 13.1. The van der Waals surface area contributed by atoms with Crippen LogP contribution in [0.15, 0.2) is 30.3 Å². The van der Waals surface area contributed by atoms with Crippen molar-refractivity contribution in [3.63, 3.8) is 0 Å². The van der Waals surface area contributed by atoms with Gasteiger partial charge in [-0.1, -0.05) is 52.3 Å². The molecule has 4 aliphatic rings. The van der Waals surface area contributed by atoms with Crippen LogP contribution in [0.2, 0.25) is 0 Å². The first-order valence-corrected chi connectivity index (χ1v) is 12.1. The Balaban J connectivity index is 1.55. The summed E-state index contributed by atoms with van der Waals surface area (Å²) in [5.74, 6) is 0.626. The largest absolute Gasteiger partial charge is 0.458 e. The molecule has 4 saturated carbocycles. The molecule has 7 atom stereocenters. The lowest BCUT2D eigenvalue weighted by molar-refractivity contribution is -0.224.